The van der Waals surface area contributed by atoms with Crippen molar-refractivity contribution in [3.63, 3.8) is 0 Å². The van der Waals surface area contributed by atoms with Gasteiger partial charge >= 0.3 is 5.97 Å². The number of hydrogen-bond donors (Lipinski definition) is 3. The van der Waals surface area contributed by atoms with E-state index in [1.54, 1.807) is 0 Å². The summed E-state index contributed by atoms with van der Waals surface area (Å²) < 4.78 is 1.40. The molecule has 5 aromatic rings. The number of aromatic carboxylic acids is 1. The summed E-state index contributed by atoms with van der Waals surface area (Å²) in [5.41, 5.74) is 3.39. The number of carbonyl (C=O) groups excluding carboxylic acids is 1. The van der Waals surface area contributed by atoms with Gasteiger partial charge in [-0.05, 0) is 36.5 Å². The lowest BCUT2D eigenvalue weighted by Gasteiger charge is -2.32. The SMILES string of the molecule is O=C(O)c1cnn2c(Nc3cccc4cc[nH]c34)c(C(=O)N3CCC(c4ccccc4)CC3)cnc12. The first kappa shape index (κ1) is 21.8. The van der Waals surface area contributed by atoms with Crippen molar-refractivity contribution in [2.24, 2.45) is 0 Å². The summed E-state index contributed by atoms with van der Waals surface area (Å²) in [6.45, 7) is 1.25. The second kappa shape index (κ2) is 8.84. The van der Waals surface area contributed by atoms with E-state index >= 15 is 0 Å². The number of carbonyl (C=O) groups is 2. The number of carboxylic acid groups (broad SMARTS) is 1. The maximum absolute atomic E-state index is 13.7. The number of carboxylic acids is 1. The maximum atomic E-state index is 13.7. The maximum Gasteiger partial charge on any atom is 0.341 e. The van der Waals surface area contributed by atoms with Crippen LogP contribution in [-0.2, 0) is 0 Å². The summed E-state index contributed by atoms with van der Waals surface area (Å²) in [5, 5.41) is 18.2. The van der Waals surface area contributed by atoms with Gasteiger partial charge in [0.1, 0.15) is 16.9 Å². The van der Waals surface area contributed by atoms with Gasteiger partial charge in [0.15, 0.2) is 5.65 Å². The lowest BCUT2D eigenvalue weighted by Crippen LogP contribution is -2.38. The summed E-state index contributed by atoms with van der Waals surface area (Å²) in [7, 11) is 0. The van der Waals surface area contributed by atoms with Gasteiger partial charge in [0, 0.05) is 30.9 Å². The predicted molar refractivity (Wildman–Crippen MR) is 136 cm³/mol. The Morgan fingerprint density at radius 1 is 0.972 bits per heavy atom. The first-order valence-corrected chi connectivity index (χ1v) is 11.9. The van der Waals surface area contributed by atoms with E-state index in [1.165, 1.54) is 22.5 Å². The first-order valence-electron chi connectivity index (χ1n) is 11.9. The van der Waals surface area contributed by atoms with Gasteiger partial charge < -0.3 is 20.3 Å². The fourth-order valence-corrected chi connectivity index (χ4v) is 4.99. The zero-order chi connectivity index (χ0) is 24.6. The van der Waals surface area contributed by atoms with E-state index in [4.69, 9.17) is 0 Å². The van der Waals surface area contributed by atoms with E-state index in [9.17, 15) is 14.7 Å². The third-order valence-corrected chi connectivity index (χ3v) is 6.88. The number of aromatic nitrogens is 4. The summed E-state index contributed by atoms with van der Waals surface area (Å²) in [6.07, 6.45) is 6.30. The van der Waals surface area contributed by atoms with Crippen LogP contribution in [0, 0.1) is 0 Å². The second-order valence-electron chi connectivity index (χ2n) is 8.97. The molecule has 9 nitrogen and oxygen atoms in total. The third-order valence-electron chi connectivity index (χ3n) is 6.88. The Bertz CT molecular complexity index is 1580. The van der Waals surface area contributed by atoms with Crippen molar-refractivity contribution in [3.8, 4) is 0 Å². The van der Waals surface area contributed by atoms with Crippen LogP contribution in [0.15, 0.2) is 73.2 Å². The van der Waals surface area contributed by atoms with Gasteiger partial charge in [-0.25, -0.2) is 9.78 Å². The van der Waals surface area contributed by atoms with Crippen LogP contribution < -0.4 is 5.32 Å². The van der Waals surface area contributed by atoms with Crippen molar-refractivity contribution in [2.75, 3.05) is 18.4 Å². The topological polar surface area (TPSA) is 116 Å². The molecule has 0 unspecified atom stereocenters. The van der Waals surface area contributed by atoms with Crippen molar-refractivity contribution in [2.45, 2.75) is 18.8 Å². The highest BCUT2D eigenvalue weighted by atomic mass is 16.4. The van der Waals surface area contributed by atoms with Crippen LogP contribution in [0.4, 0.5) is 11.5 Å². The van der Waals surface area contributed by atoms with E-state index in [0.717, 1.165) is 29.4 Å². The zero-order valence-corrected chi connectivity index (χ0v) is 19.4. The highest BCUT2D eigenvalue weighted by Crippen LogP contribution is 2.31. The highest BCUT2D eigenvalue weighted by Gasteiger charge is 2.28. The third kappa shape index (κ3) is 3.74. The average Bonchev–Trinajstić information content (AvgIpc) is 3.57. The van der Waals surface area contributed by atoms with Crippen LogP contribution in [0.1, 0.15) is 45.0 Å². The van der Waals surface area contributed by atoms with Gasteiger partial charge in [-0.3, -0.25) is 4.79 Å². The minimum atomic E-state index is -1.13. The molecule has 0 atom stereocenters. The van der Waals surface area contributed by atoms with E-state index < -0.39 is 5.97 Å². The van der Waals surface area contributed by atoms with Crippen molar-refractivity contribution >= 4 is 39.9 Å². The quantitative estimate of drug-likeness (QED) is 0.337. The Hall–Kier alpha value is -4.66. The second-order valence-corrected chi connectivity index (χ2v) is 8.97. The van der Waals surface area contributed by atoms with Crippen molar-refractivity contribution in [3.05, 3.63) is 89.9 Å². The summed E-state index contributed by atoms with van der Waals surface area (Å²) in [5.74, 6) is -0.491. The molecule has 1 fully saturated rings. The van der Waals surface area contributed by atoms with Gasteiger partial charge in [-0.1, -0.05) is 42.5 Å². The summed E-state index contributed by atoms with van der Waals surface area (Å²) in [4.78, 5) is 34.8. The molecular weight excluding hydrogens is 456 g/mol. The van der Waals surface area contributed by atoms with E-state index in [-0.39, 0.29) is 17.1 Å². The Balaban J connectivity index is 1.36. The van der Waals surface area contributed by atoms with Gasteiger partial charge in [-0.2, -0.15) is 9.61 Å². The van der Waals surface area contributed by atoms with Gasteiger partial charge in [0.25, 0.3) is 5.91 Å². The van der Waals surface area contributed by atoms with Crippen molar-refractivity contribution in [1.82, 2.24) is 24.5 Å². The van der Waals surface area contributed by atoms with Gasteiger partial charge in [-0.15, -0.1) is 0 Å². The molecular formula is C27H24N6O3. The van der Waals surface area contributed by atoms with E-state index in [0.29, 0.717) is 30.4 Å². The van der Waals surface area contributed by atoms with E-state index in [2.05, 4.69) is 32.5 Å². The van der Waals surface area contributed by atoms with Crippen molar-refractivity contribution in [1.29, 1.82) is 0 Å². The number of fused-ring (bicyclic) bond motifs is 2. The van der Waals surface area contributed by atoms with Crippen LogP contribution in [0.25, 0.3) is 16.6 Å². The predicted octanol–water partition coefficient (Wildman–Crippen LogP) is 4.67. The van der Waals surface area contributed by atoms with Crippen LogP contribution in [-0.4, -0.2) is 54.6 Å². The summed E-state index contributed by atoms with van der Waals surface area (Å²) >= 11 is 0. The molecule has 180 valence electrons. The molecule has 4 heterocycles. The number of H-pyrrole nitrogens is 1. The standard InChI is InChI=1S/C27H24N6O3/c34-26(32-13-10-18(11-14-32)17-5-2-1-3-6-17)20-15-29-24-21(27(35)36)16-30-33(24)25(20)31-22-8-4-7-19-9-12-28-23(19)22/h1-9,12,15-16,18,28,31H,10-11,13-14H2,(H,35,36). The molecule has 2 aromatic carbocycles. The fraction of sp³-hybridized carbons (Fsp3) is 0.185. The minimum absolute atomic E-state index is 0.0289. The number of amides is 1. The molecule has 3 aromatic heterocycles. The number of nitrogens with one attached hydrogen (secondary N) is 2. The molecule has 0 radical (unpaired) electrons. The van der Waals surface area contributed by atoms with Gasteiger partial charge in [0.2, 0.25) is 0 Å². The molecule has 3 N–H and O–H groups in total. The molecule has 9 heteroatoms. The number of hydrogen-bond acceptors (Lipinski definition) is 5. The first-order chi connectivity index (χ1) is 17.6. The number of para-hydroxylation sites is 1. The number of anilines is 2. The van der Waals surface area contributed by atoms with Crippen LogP contribution in [0.5, 0.6) is 0 Å². The van der Waals surface area contributed by atoms with E-state index in [1.807, 2.05) is 53.6 Å². The number of aromatic amines is 1. The number of rotatable bonds is 5. The Labute approximate surface area is 206 Å². The van der Waals surface area contributed by atoms with Crippen LogP contribution in [0.2, 0.25) is 0 Å². The molecule has 0 aliphatic carbocycles. The normalized spacial score (nSPS) is 14.4. The molecule has 36 heavy (non-hydrogen) atoms. The molecule has 1 aliphatic rings. The number of piperidine rings is 1. The molecule has 0 bridgehead atoms. The Kier molecular flexibility index (Phi) is 5.37. The molecule has 1 aliphatic heterocycles. The zero-order valence-electron chi connectivity index (χ0n) is 19.4. The smallest absolute Gasteiger partial charge is 0.341 e. The molecule has 1 amide bonds. The molecule has 0 spiro atoms. The summed E-state index contributed by atoms with van der Waals surface area (Å²) in [6, 6.07) is 18.1. The molecule has 0 saturated carbocycles. The average molecular weight is 481 g/mol. The molecule has 1 saturated heterocycles. The monoisotopic (exact) mass is 480 g/mol. The van der Waals surface area contributed by atoms with Crippen molar-refractivity contribution < 1.29 is 14.7 Å². The van der Waals surface area contributed by atoms with Crippen LogP contribution >= 0.6 is 0 Å². The lowest BCUT2D eigenvalue weighted by atomic mass is 9.89. The number of benzene rings is 2. The number of likely N-dealkylation sites (tertiary alicyclic amines) is 1. The molecule has 6 rings (SSSR count). The van der Waals surface area contributed by atoms with Gasteiger partial charge in [0.05, 0.1) is 17.4 Å². The largest absolute Gasteiger partial charge is 0.477 e. The highest BCUT2D eigenvalue weighted by molar-refractivity contribution is 6.02. The Morgan fingerprint density at radius 2 is 1.78 bits per heavy atom. The van der Waals surface area contributed by atoms with Crippen LogP contribution in [0.3, 0.4) is 0 Å². The fourth-order valence-electron chi connectivity index (χ4n) is 4.99. The Morgan fingerprint density at radius 3 is 2.56 bits per heavy atom. The minimum Gasteiger partial charge on any atom is -0.477 e. The lowest BCUT2D eigenvalue weighted by molar-refractivity contribution is 0.0695. The number of nitrogens with zero attached hydrogens (tertiary/aromatic N) is 4.